The lowest BCUT2D eigenvalue weighted by Gasteiger charge is -2.27. The first-order valence-electron chi connectivity index (χ1n) is 19.3. The number of aryl methyl sites for hydroxylation is 1. The molecule has 0 radical (unpaired) electrons. The van der Waals surface area contributed by atoms with Gasteiger partial charge in [0, 0.05) is 30.3 Å². The van der Waals surface area contributed by atoms with Crippen LogP contribution in [0.3, 0.4) is 0 Å². The number of nitrogens with zero attached hydrogens (tertiary/aromatic N) is 7. The third-order valence-electron chi connectivity index (χ3n) is 10.3. The first-order valence-corrected chi connectivity index (χ1v) is 21.3. The fourth-order valence-corrected chi connectivity index (χ4v) is 8.12. The van der Waals surface area contributed by atoms with Crippen molar-refractivity contribution < 1.29 is 37.1 Å². The number of nitrogens with two attached hydrogens (primary N) is 1. The molecule has 2 aliphatic rings. The molecule has 0 saturated carbocycles. The number of carbonyl (C=O) groups excluding carboxylic acids is 4. The van der Waals surface area contributed by atoms with Crippen molar-refractivity contribution in [3.63, 3.8) is 0 Å². The van der Waals surface area contributed by atoms with Crippen LogP contribution in [0.5, 0.6) is 11.5 Å². The number of nitrogens with one attached hydrogen (secondary N) is 3. The molecule has 19 nitrogen and oxygen atoms in total. The number of aromatic nitrogens is 5. The van der Waals surface area contributed by atoms with Crippen LogP contribution in [0, 0.1) is 11.3 Å². The molecule has 5 aromatic rings. The van der Waals surface area contributed by atoms with E-state index in [0.717, 1.165) is 16.0 Å². The molecule has 2 aromatic heterocycles. The summed E-state index contributed by atoms with van der Waals surface area (Å²) in [6.07, 6.45) is 2.99. The van der Waals surface area contributed by atoms with Crippen LogP contribution < -0.4 is 30.6 Å². The van der Waals surface area contributed by atoms with Crippen LogP contribution >= 0.6 is 11.6 Å². The summed E-state index contributed by atoms with van der Waals surface area (Å²) in [6.45, 7) is 4.57. The molecule has 320 valence electrons. The molecular weight excluding hydrogens is 842 g/mol. The van der Waals surface area contributed by atoms with E-state index in [1.54, 1.807) is 42.5 Å². The molecule has 1 saturated heterocycles. The molecule has 1 atom stereocenters. The number of hydrogen-bond donors (Lipinski definition) is 4. The zero-order valence-electron chi connectivity index (χ0n) is 33.4. The lowest BCUT2D eigenvalue weighted by atomic mass is 9.77. The van der Waals surface area contributed by atoms with E-state index < -0.39 is 45.1 Å². The largest absolute Gasteiger partial charge is 0.489 e. The Hall–Kier alpha value is -6.95. The van der Waals surface area contributed by atoms with Crippen LogP contribution in [-0.4, -0.2) is 86.9 Å². The van der Waals surface area contributed by atoms with Crippen LogP contribution in [0.4, 0.5) is 11.6 Å². The number of sulfonamides is 1. The van der Waals surface area contributed by atoms with Crippen molar-refractivity contribution in [1.82, 2.24) is 35.2 Å². The maximum absolute atomic E-state index is 13.4. The van der Waals surface area contributed by atoms with Crippen molar-refractivity contribution >= 4 is 56.9 Å². The Bertz CT molecular complexity index is 2720. The van der Waals surface area contributed by atoms with Crippen LogP contribution in [0.1, 0.15) is 75.5 Å². The van der Waals surface area contributed by atoms with Crippen LogP contribution in [0.15, 0.2) is 73.1 Å². The summed E-state index contributed by atoms with van der Waals surface area (Å²) in [5.74, 6) is -2.13. The Morgan fingerprint density at radius 3 is 2.56 bits per heavy atom. The summed E-state index contributed by atoms with van der Waals surface area (Å²) in [5.41, 5.74) is 8.46. The highest BCUT2D eigenvalue weighted by atomic mass is 35.5. The molecule has 5 N–H and O–H groups in total. The zero-order valence-corrected chi connectivity index (χ0v) is 35.0. The molecule has 62 heavy (non-hydrogen) atoms. The van der Waals surface area contributed by atoms with E-state index in [1.165, 1.54) is 23.1 Å². The van der Waals surface area contributed by atoms with Gasteiger partial charge < -0.3 is 20.5 Å². The molecule has 4 amide bonds. The summed E-state index contributed by atoms with van der Waals surface area (Å²) < 4.78 is 41.3. The van der Waals surface area contributed by atoms with E-state index in [9.17, 15) is 32.9 Å². The quantitative estimate of drug-likeness (QED) is 0.0977. The van der Waals surface area contributed by atoms with Crippen molar-refractivity contribution in [2.45, 2.75) is 57.8 Å². The second-order valence-electron chi connectivity index (χ2n) is 14.8. The van der Waals surface area contributed by atoms with Gasteiger partial charge in [0.25, 0.3) is 11.8 Å². The lowest BCUT2D eigenvalue weighted by molar-refractivity contribution is -0.136. The predicted octanol–water partition coefficient (Wildman–Crippen LogP) is 3.29. The highest BCUT2D eigenvalue weighted by Crippen LogP contribution is 2.39. The summed E-state index contributed by atoms with van der Waals surface area (Å²) in [7, 11) is -3.94. The van der Waals surface area contributed by atoms with Crippen molar-refractivity contribution in [1.29, 1.82) is 5.26 Å². The predicted molar refractivity (Wildman–Crippen MR) is 224 cm³/mol. The number of carbonyl (C=O) groups is 4. The van der Waals surface area contributed by atoms with Crippen LogP contribution in [-0.2, 0) is 44.7 Å². The number of hydrogen-bond acceptors (Lipinski definition) is 15. The van der Waals surface area contributed by atoms with Crippen molar-refractivity contribution in [3.8, 4) is 17.6 Å². The highest BCUT2D eigenvalue weighted by Gasteiger charge is 2.45. The SMILES string of the molecule is CC(C)(c1ccc(OCc2ccnc(NS(=O)(=O)CCn3cc(CNc4cccc5c4C(=O)N(C4CCC(=O)NC4=O)C5=O)nn3)n2)cc1)c1cc(Cl)c(OCCN)c(C#N)c1. The van der Waals surface area contributed by atoms with Gasteiger partial charge in [-0.3, -0.25) is 38.8 Å². The molecule has 4 heterocycles. The number of fused-ring (bicyclic) bond motifs is 1. The Morgan fingerprint density at radius 2 is 1.82 bits per heavy atom. The van der Waals surface area contributed by atoms with Gasteiger partial charge in [0.2, 0.25) is 27.8 Å². The van der Waals surface area contributed by atoms with E-state index in [2.05, 4.69) is 41.7 Å². The molecule has 21 heteroatoms. The Labute approximate surface area is 360 Å². The van der Waals surface area contributed by atoms with Crippen LogP contribution in [0.2, 0.25) is 5.02 Å². The van der Waals surface area contributed by atoms with E-state index in [0.29, 0.717) is 39.2 Å². The number of amides is 4. The van der Waals surface area contributed by atoms with Crippen molar-refractivity contribution in [2.24, 2.45) is 5.73 Å². The summed E-state index contributed by atoms with van der Waals surface area (Å²) in [4.78, 5) is 59.8. The fraction of sp³-hybridized carbons (Fsp3) is 0.293. The zero-order chi connectivity index (χ0) is 44.2. The third kappa shape index (κ3) is 9.34. The monoisotopic (exact) mass is 881 g/mol. The lowest BCUT2D eigenvalue weighted by Crippen LogP contribution is -2.54. The van der Waals surface area contributed by atoms with Crippen LogP contribution in [0.25, 0.3) is 0 Å². The average Bonchev–Trinajstić information content (AvgIpc) is 3.82. The Balaban J connectivity index is 0.907. The van der Waals surface area contributed by atoms with Gasteiger partial charge in [-0.2, -0.15) is 5.26 Å². The minimum absolute atomic E-state index is 0.00586. The molecule has 0 spiro atoms. The Morgan fingerprint density at radius 1 is 1.03 bits per heavy atom. The molecule has 1 unspecified atom stereocenters. The molecule has 7 rings (SSSR count). The molecule has 3 aromatic carbocycles. The number of rotatable bonds is 17. The molecule has 0 aliphatic carbocycles. The average molecular weight is 882 g/mol. The summed E-state index contributed by atoms with van der Waals surface area (Å²) in [5, 5.41) is 23.4. The van der Waals surface area contributed by atoms with Gasteiger partial charge in [0.1, 0.15) is 36.8 Å². The minimum atomic E-state index is -3.94. The normalized spacial score (nSPS) is 15.2. The number of nitriles is 1. The first kappa shape index (κ1) is 43.1. The Kier molecular flexibility index (Phi) is 12.5. The topological polar surface area (TPSA) is 267 Å². The van der Waals surface area contributed by atoms with Gasteiger partial charge >= 0.3 is 0 Å². The van der Waals surface area contributed by atoms with Gasteiger partial charge in [-0.15, -0.1) is 5.10 Å². The molecular formula is C41H40ClN11O8S. The number of ether oxygens (including phenoxy) is 2. The number of halogens is 1. The highest BCUT2D eigenvalue weighted by molar-refractivity contribution is 7.92. The van der Waals surface area contributed by atoms with Gasteiger partial charge in [0.15, 0.2) is 5.75 Å². The van der Waals surface area contributed by atoms with Crippen molar-refractivity contribution in [2.75, 3.05) is 28.9 Å². The number of anilines is 2. The third-order valence-corrected chi connectivity index (χ3v) is 11.8. The molecule has 2 aliphatic heterocycles. The van der Waals surface area contributed by atoms with Gasteiger partial charge in [-0.25, -0.2) is 18.4 Å². The van der Waals surface area contributed by atoms with Gasteiger partial charge in [0.05, 0.1) is 52.4 Å². The van der Waals surface area contributed by atoms with Crippen molar-refractivity contribution in [3.05, 3.63) is 117 Å². The second kappa shape index (κ2) is 18.0. The summed E-state index contributed by atoms with van der Waals surface area (Å²) in [6, 6.07) is 18.3. The molecule has 1 fully saturated rings. The van der Waals surface area contributed by atoms with Gasteiger partial charge in [-0.1, -0.05) is 48.9 Å². The maximum atomic E-state index is 13.4. The van der Waals surface area contributed by atoms with Gasteiger partial charge in [-0.05, 0) is 60.0 Å². The number of piperidine rings is 1. The molecule has 0 bridgehead atoms. The number of imide groups is 2. The summed E-state index contributed by atoms with van der Waals surface area (Å²) >= 11 is 6.50. The first-order chi connectivity index (χ1) is 29.7. The standard InChI is InChI=1S/C41H40ClN11O8S/c1-41(2,26-18-24(20-44)36(31(42)19-26)60-16-13-43)25-6-8-29(9-7-25)61-23-27-12-14-45-40(47-27)50-62(58,59)17-15-52-22-28(49-51-52)21-46-32-5-3-4-30-35(32)39(57)53(38(30)56)33-10-11-34(54)48-37(33)55/h3-9,12,14,18-19,22,33,46H,10-11,13,15-17,21,23,43H2,1-2H3,(H,45,47,50)(H,48,54,55). The smallest absolute Gasteiger partial charge is 0.264 e. The van der Waals surface area contributed by atoms with E-state index in [4.69, 9.17) is 26.8 Å². The van der Waals surface area contributed by atoms with E-state index in [-0.39, 0.29) is 68.5 Å². The van der Waals surface area contributed by atoms with E-state index in [1.807, 2.05) is 26.0 Å². The fourth-order valence-electron chi connectivity index (χ4n) is 6.94. The van der Waals surface area contributed by atoms with E-state index >= 15 is 0 Å². The minimum Gasteiger partial charge on any atom is -0.489 e. The number of benzene rings is 3. The second-order valence-corrected chi connectivity index (χ2v) is 17.1. The maximum Gasteiger partial charge on any atom is 0.264 e.